The maximum atomic E-state index is 4.78. The Labute approximate surface area is 124 Å². The Hall–Kier alpha value is -2.14. The van der Waals surface area contributed by atoms with E-state index in [2.05, 4.69) is 64.3 Å². The van der Waals surface area contributed by atoms with Crippen LogP contribution in [0.4, 0.5) is 0 Å². The molecule has 0 aliphatic rings. The van der Waals surface area contributed by atoms with Gasteiger partial charge in [0.15, 0.2) is 5.82 Å². The van der Waals surface area contributed by atoms with Gasteiger partial charge in [-0.2, -0.15) is 4.98 Å². The average Bonchev–Trinajstić information content (AvgIpc) is 3.09. The van der Waals surface area contributed by atoms with E-state index in [0.29, 0.717) is 18.3 Å². The Morgan fingerprint density at radius 1 is 1.29 bits per heavy atom. The maximum absolute atomic E-state index is 4.78. The number of aromatic nitrogens is 3. The number of nitrogens with one attached hydrogen (secondary N) is 1. The quantitative estimate of drug-likeness (QED) is 0.756. The fourth-order valence-corrected chi connectivity index (χ4v) is 2.42. The van der Waals surface area contributed by atoms with Crippen molar-refractivity contribution < 1.29 is 4.52 Å². The van der Waals surface area contributed by atoms with Crippen LogP contribution in [0.25, 0.3) is 10.9 Å². The molecular formula is C16H20N4O. The number of fused-ring (bicyclic) bond motifs is 1. The topological polar surface area (TPSA) is 55.9 Å². The van der Waals surface area contributed by atoms with E-state index in [4.69, 9.17) is 4.52 Å². The highest BCUT2D eigenvalue weighted by atomic mass is 16.5. The predicted molar refractivity (Wildman–Crippen MR) is 81.9 cm³/mol. The largest absolute Gasteiger partial charge is 0.343 e. The van der Waals surface area contributed by atoms with Gasteiger partial charge in [-0.05, 0) is 41.6 Å². The lowest BCUT2D eigenvalue weighted by molar-refractivity contribution is 0.408. The van der Waals surface area contributed by atoms with Crippen LogP contribution in [-0.2, 0) is 13.1 Å². The molecule has 0 atom stereocenters. The molecule has 2 heterocycles. The van der Waals surface area contributed by atoms with Crippen LogP contribution in [0.2, 0.25) is 0 Å². The molecule has 0 saturated heterocycles. The zero-order valence-corrected chi connectivity index (χ0v) is 12.4. The fourth-order valence-electron chi connectivity index (χ4n) is 2.42. The summed E-state index contributed by atoms with van der Waals surface area (Å²) in [5.41, 5.74) is 2.49. The van der Waals surface area contributed by atoms with E-state index in [-0.39, 0.29) is 0 Å². The van der Waals surface area contributed by atoms with Crippen molar-refractivity contribution in [1.29, 1.82) is 0 Å². The van der Waals surface area contributed by atoms with Gasteiger partial charge >= 0.3 is 0 Å². The Morgan fingerprint density at radius 2 is 2.19 bits per heavy atom. The first-order valence-corrected chi connectivity index (χ1v) is 7.26. The summed E-state index contributed by atoms with van der Waals surface area (Å²) in [5.74, 6) is 1.36. The van der Waals surface area contributed by atoms with Crippen molar-refractivity contribution >= 4 is 10.9 Å². The SMILES string of the molecule is CC(C)CNCc1ccc2c(ccn2Cc2ncon2)c1. The molecule has 3 rings (SSSR count). The number of hydrogen-bond acceptors (Lipinski definition) is 4. The minimum absolute atomic E-state index is 0.630. The van der Waals surface area contributed by atoms with E-state index in [9.17, 15) is 0 Å². The Bertz CT molecular complexity index is 700. The fraction of sp³-hybridized carbons (Fsp3) is 0.375. The highest BCUT2D eigenvalue weighted by Crippen LogP contribution is 2.18. The monoisotopic (exact) mass is 284 g/mol. The summed E-state index contributed by atoms with van der Waals surface area (Å²) in [6.45, 7) is 7.01. The molecule has 0 aliphatic heterocycles. The van der Waals surface area contributed by atoms with Gasteiger partial charge in [-0.15, -0.1) is 0 Å². The first kappa shape index (κ1) is 13.8. The molecule has 0 spiro atoms. The van der Waals surface area contributed by atoms with Gasteiger partial charge in [0, 0.05) is 18.3 Å². The number of nitrogens with zero attached hydrogens (tertiary/aromatic N) is 3. The van der Waals surface area contributed by atoms with Crippen molar-refractivity contribution in [2.45, 2.75) is 26.9 Å². The lowest BCUT2D eigenvalue weighted by Gasteiger charge is -2.08. The van der Waals surface area contributed by atoms with E-state index < -0.39 is 0 Å². The molecule has 2 aromatic heterocycles. The summed E-state index contributed by atoms with van der Waals surface area (Å²) in [4.78, 5) is 4.06. The van der Waals surface area contributed by atoms with Gasteiger partial charge in [-0.3, -0.25) is 0 Å². The Kier molecular flexibility index (Phi) is 4.01. The summed E-state index contributed by atoms with van der Waals surface area (Å²) in [6.07, 6.45) is 3.42. The molecule has 21 heavy (non-hydrogen) atoms. The average molecular weight is 284 g/mol. The molecule has 5 nitrogen and oxygen atoms in total. The molecule has 5 heteroatoms. The minimum Gasteiger partial charge on any atom is -0.343 e. The maximum Gasteiger partial charge on any atom is 0.213 e. The van der Waals surface area contributed by atoms with Crippen molar-refractivity contribution in [3.05, 3.63) is 48.2 Å². The van der Waals surface area contributed by atoms with E-state index in [0.717, 1.165) is 13.1 Å². The molecule has 0 radical (unpaired) electrons. The van der Waals surface area contributed by atoms with Crippen LogP contribution in [0.15, 0.2) is 41.4 Å². The number of rotatable bonds is 6. The van der Waals surface area contributed by atoms with E-state index in [1.807, 2.05) is 0 Å². The van der Waals surface area contributed by atoms with Crippen LogP contribution >= 0.6 is 0 Å². The van der Waals surface area contributed by atoms with Crippen LogP contribution < -0.4 is 5.32 Å². The molecule has 3 aromatic rings. The summed E-state index contributed by atoms with van der Waals surface area (Å²) < 4.78 is 6.91. The summed E-state index contributed by atoms with van der Waals surface area (Å²) in [7, 11) is 0. The minimum atomic E-state index is 0.630. The van der Waals surface area contributed by atoms with E-state index >= 15 is 0 Å². The van der Waals surface area contributed by atoms with Gasteiger partial charge in [0.25, 0.3) is 0 Å². The lowest BCUT2D eigenvalue weighted by Crippen LogP contribution is -2.18. The molecule has 110 valence electrons. The van der Waals surface area contributed by atoms with Crippen LogP contribution in [0, 0.1) is 5.92 Å². The summed E-state index contributed by atoms with van der Waals surface area (Å²) in [5, 5.41) is 8.56. The number of hydrogen-bond donors (Lipinski definition) is 1. The molecular weight excluding hydrogens is 264 g/mol. The third-order valence-electron chi connectivity index (χ3n) is 3.44. The second-order valence-electron chi connectivity index (χ2n) is 5.71. The highest BCUT2D eigenvalue weighted by Gasteiger charge is 2.05. The van der Waals surface area contributed by atoms with Crippen LogP contribution in [0.5, 0.6) is 0 Å². The lowest BCUT2D eigenvalue weighted by atomic mass is 10.1. The molecule has 0 unspecified atom stereocenters. The van der Waals surface area contributed by atoms with Gasteiger partial charge in [-0.1, -0.05) is 25.1 Å². The van der Waals surface area contributed by atoms with Crippen LogP contribution in [0.3, 0.4) is 0 Å². The molecule has 0 bridgehead atoms. The van der Waals surface area contributed by atoms with Crippen LogP contribution in [-0.4, -0.2) is 21.3 Å². The summed E-state index contributed by atoms with van der Waals surface area (Å²) >= 11 is 0. The van der Waals surface area contributed by atoms with Crippen molar-refractivity contribution in [2.75, 3.05) is 6.54 Å². The van der Waals surface area contributed by atoms with Crippen LogP contribution in [0.1, 0.15) is 25.2 Å². The third kappa shape index (κ3) is 3.31. The van der Waals surface area contributed by atoms with Gasteiger partial charge in [0.1, 0.15) is 0 Å². The van der Waals surface area contributed by atoms with Gasteiger partial charge < -0.3 is 14.4 Å². The standard InChI is InChI=1S/C16H20N4O/c1-12(2)8-17-9-13-3-4-15-14(7-13)5-6-20(15)10-16-18-11-21-19-16/h3-7,11-12,17H,8-10H2,1-2H3. The molecule has 0 saturated carbocycles. The van der Waals surface area contributed by atoms with Crippen molar-refractivity contribution in [2.24, 2.45) is 5.92 Å². The molecule has 0 aliphatic carbocycles. The second kappa shape index (κ2) is 6.10. The molecule has 1 N–H and O–H groups in total. The van der Waals surface area contributed by atoms with Crippen molar-refractivity contribution in [3.8, 4) is 0 Å². The first-order valence-electron chi connectivity index (χ1n) is 7.26. The van der Waals surface area contributed by atoms with Gasteiger partial charge in [-0.25, -0.2) is 0 Å². The predicted octanol–water partition coefficient (Wildman–Crippen LogP) is 2.82. The first-order chi connectivity index (χ1) is 10.2. The third-order valence-corrected chi connectivity index (χ3v) is 3.44. The number of benzene rings is 1. The zero-order valence-electron chi connectivity index (χ0n) is 12.4. The van der Waals surface area contributed by atoms with Crippen molar-refractivity contribution in [1.82, 2.24) is 20.0 Å². The van der Waals surface area contributed by atoms with E-state index in [1.54, 1.807) is 0 Å². The van der Waals surface area contributed by atoms with Gasteiger partial charge in [0.2, 0.25) is 6.39 Å². The highest BCUT2D eigenvalue weighted by molar-refractivity contribution is 5.80. The Balaban J connectivity index is 1.74. The smallest absolute Gasteiger partial charge is 0.213 e. The summed E-state index contributed by atoms with van der Waals surface area (Å²) in [6, 6.07) is 8.68. The van der Waals surface area contributed by atoms with Crippen molar-refractivity contribution in [3.63, 3.8) is 0 Å². The molecule has 0 amide bonds. The zero-order chi connectivity index (χ0) is 14.7. The normalized spacial score (nSPS) is 11.6. The second-order valence-corrected chi connectivity index (χ2v) is 5.71. The molecule has 1 aromatic carbocycles. The van der Waals surface area contributed by atoms with E-state index in [1.165, 1.54) is 22.9 Å². The molecule has 0 fully saturated rings. The van der Waals surface area contributed by atoms with Gasteiger partial charge in [0.05, 0.1) is 6.54 Å². The Morgan fingerprint density at radius 3 is 2.95 bits per heavy atom.